The van der Waals surface area contributed by atoms with E-state index in [1.807, 2.05) is 30.3 Å². The summed E-state index contributed by atoms with van der Waals surface area (Å²) in [6.45, 7) is 0.893. The molecule has 2 fully saturated rings. The van der Waals surface area contributed by atoms with Crippen LogP contribution in [-0.2, 0) is 10.2 Å². The maximum Gasteiger partial charge on any atom is 0.281 e. The number of benzene rings is 1. The summed E-state index contributed by atoms with van der Waals surface area (Å²) in [4.78, 5) is 12.7. The predicted octanol–water partition coefficient (Wildman–Crippen LogP) is 1.86. The lowest BCUT2D eigenvalue weighted by atomic mass is 9.83. The standard InChI is InChI=1S/C18H27N3O3S/c1-20(2)25(23,24)21-12-10-18(11-13-21,14-15-8-9-15)19-17(22)16-6-4-3-5-7-16/h3-7,15H,8-14H2,1-2H3,(H,19,22). The van der Waals surface area contributed by atoms with Crippen LogP contribution in [0.1, 0.15) is 42.5 Å². The number of piperidine rings is 1. The fraction of sp³-hybridized carbons (Fsp3) is 0.611. The lowest BCUT2D eigenvalue weighted by molar-refractivity contribution is 0.0835. The van der Waals surface area contributed by atoms with Gasteiger partial charge in [-0.1, -0.05) is 31.0 Å². The molecule has 1 saturated carbocycles. The lowest BCUT2D eigenvalue weighted by Crippen LogP contribution is -2.57. The first kappa shape index (κ1) is 18.4. The number of hydrogen-bond donors (Lipinski definition) is 1. The van der Waals surface area contributed by atoms with Gasteiger partial charge in [-0.3, -0.25) is 4.79 Å². The van der Waals surface area contributed by atoms with Crippen molar-refractivity contribution in [2.45, 2.75) is 37.6 Å². The van der Waals surface area contributed by atoms with Crippen molar-refractivity contribution < 1.29 is 13.2 Å². The number of amides is 1. The van der Waals surface area contributed by atoms with Crippen LogP contribution in [0.4, 0.5) is 0 Å². The predicted molar refractivity (Wildman–Crippen MR) is 97.4 cm³/mol. The Morgan fingerprint density at radius 1 is 1.20 bits per heavy atom. The van der Waals surface area contributed by atoms with Gasteiger partial charge < -0.3 is 5.32 Å². The summed E-state index contributed by atoms with van der Waals surface area (Å²) >= 11 is 0. The van der Waals surface area contributed by atoms with Crippen LogP contribution in [0.3, 0.4) is 0 Å². The minimum absolute atomic E-state index is 0.0647. The van der Waals surface area contributed by atoms with Crippen molar-refractivity contribution in [3.05, 3.63) is 35.9 Å². The number of nitrogens with zero attached hydrogens (tertiary/aromatic N) is 2. The lowest BCUT2D eigenvalue weighted by Gasteiger charge is -2.42. The topological polar surface area (TPSA) is 69.7 Å². The molecule has 1 heterocycles. The average molecular weight is 365 g/mol. The first-order valence-corrected chi connectivity index (χ1v) is 10.3. The van der Waals surface area contributed by atoms with Gasteiger partial charge in [0.2, 0.25) is 0 Å². The zero-order valence-electron chi connectivity index (χ0n) is 14.9. The molecule has 0 unspecified atom stereocenters. The van der Waals surface area contributed by atoms with Crippen molar-refractivity contribution in [2.75, 3.05) is 27.2 Å². The van der Waals surface area contributed by atoms with Gasteiger partial charge in [-0.2, -0.15) is 17.0 Å². The van der Waals surface area contributed by atoms with Gasteiger partial charge in [0.05, 0.1) is 0 Å². The molecule has 0 radical (unpaired) electrons. The molecule has 0 bridgehead atoms. The van der Waals surface area contributed by atoms with Crippen LogP contribution in [-0.4, -0.2) is 55.7 Å². The van der Waals surface area contributed by atoms with E-state index in [2.05, 4.69) is 5.32 Å². The molecule has 0 spiro atoms. The summed E-state index contributed by atoms with van der Waals surface area (Å²) in [5.74, 6) is 0.596. The number of hydrogen-bond acceptors (Lipinski definition) is 3. The molecule has 3 rings (SSSR count). The Kier molecular flexibility index (Phi) is 5.18. The monoisotopic (exact) mass is 365 g/mol. The van der Waals surface area contributed by atoms with E-state index in [1.54, 1.807) is 14.1 Å². The molecule has 1 amide bonds. The van der Waals surface area contributed by atoms with Gasteiger partial charge in [-0.05, 0) is 37.3 Å². The van der Waals surface area contributed by atoms with Gasteiger partial charge in [0.1, 0.15) is 0 Å². The first-order chi connectivity index (χ1) is 11.8. The van der Waals surface area contributed by atoms with Crippen LogP contribution < -0.4 is 5.32 Å². The SMILES string of the molecule is CN(C)S(=O)(=O)N1CCC(CC2CC2)(NC(=O)c2ccccc2)CC1. The summed E-state index contributed by atoms with van der Waals surface area (Å²) in [5, 5.41) is 3.25. The van der Waals surface area contributed by atoms with E-state index >= 15 is 0 Å². The van der Waals surface area contributed by atoms with E-state index in [0.29, 0.717) is 37.4 Å². The van der Waals surface area contributed by atoms with Gasteiger partial charge in [0.25, 0.3) is 16.1 Å². The Bertz CT molecular complexity index is 706. The zero-order valence-corrected chi connectivity index (χ0v) is 15.8. The maximum absolute atomic E-state index is 12.7. The highest BCUT2D eigenvalue weighted by molar-refractivity contribution is 7.86. The van der Waals surface area contributed by atoms with Gasteiger partial charge in [0.15, 0.2) is 0 Å². The fourth-order valence-electron chi connectivity index (χ4n) is 3.53. The van der Waals surface area contributed by atoms with E-state index in [-0.39, 0.29) is 11.4 Å². The molecule has 1 saturated heterocycles. The number of carbonyl (C=O) groups is 1. The fourth-order valence-corrected chi connectivity index (χ4v) is 4.64. The van der Waals surface area contributed by atoms with Gasteiger partial charge in [-0.25, -0.2) is 0 Å². The molecular weight excluding hydrogens is 338 g/mol. The molecule has 1 aromatic rings. The molecule has 7 heteroatoms. The third kappa shape index (κ3) is 4.22. The molecule has 0 atom stereocenters. The van der Waals surface area contributed by atoms with Crippen molar-refractivity contribution in [2.24, 2.45) is 5.92 Å². The summed E-state index contributed by atoms with van der Waals surface area (Å²) < 4.78 is 27.5. The van der Waals surface area contributed by atoms with E-state index < -0.39 is 10.2 Å². The normalized spacial score (nSPS) is 21.2. The highest BCUT2D eigenvalue weighted by atomic mass is 32.2. The van der Waals surface area contributed by atoms with Crippen LogP contribution in [0, 0.1) is 5.92 Å². The summed E-state index contributed by atoms with van der Waals surface area (Å²) in [5.41, 5.74) is 0.355. The van der Waals surface area contributed by atoms with E-state index in [9.17, 15) is 13.2 Å². The van der Waals surface area contributed by atoms with Crippen LogP contribution in [0.15, 0.2) is 30.3 Å². The van der Waals surface area contributed by atoms with Crippen molar-refractivity contribution in [3.8, 4) is 0 Å². The van der Waals surface area contributed by atoms with E-state index in [1.165, 1.54) is 21.5 Å². The van der Waals surface area contributed by atoms with Crippen molar-refractivity contribution >= 4 is 16.1 Å². The average Bonchev–Trinajstić information content (AvgIpc) is 3.39. The minimum atomic E-state index is -3.39. The second-order valence-electron chi connectivity index (χ2n) is 7.44. The molecule has 1 N–H and O–H groups in total. The van der Waals surface area contributed by atoms with Gasteiger partial charge >= 0.3 is 0 Å². The summed E-state index contributed by atoms with van der Waals surface area (Å²) in [6, 6.07) is 9.22. The van der Waals surface area contributed by atoms with E-state index in [4.69, 9.17) is 0 Å². The summed E-state index contributed by atoms with van der Waals surface area (Å²) in [7, 11) is -0.281. The zero-order chi connectivity index (χ0) is 18.1. The van der Waals surface area contributed by atoms with Gasteiger partial charge in [-0.15, -0.1) is 0 Å². The van der Waals surface area contributed by atoms with Crippen molar-refractivity contribution in [1.82, 2.24) is 13.9 Å². The Labute approximate surface area is 150 Å². The molecule has 1 aliphatic carbocycles. The Hall–Kier alpha value is -1.44. The maximum atomic E-state index is 12.7. The quantitative estimate of drug-likeness (QED) is 0.836. The molecule has 1 aliphatic heterocycles. The van der Waals surface area contributed by atoms with Crippen LogP contribution in [0.2, 0.25) is 0 Å². The number of rotatable bonds is 6. The number of carbonyl (C=O) groups excluding carboxylic acids is 1. The minimum Gasteiger partial charge on any atom is -0.346 e. The summed E-state index contributed by atoms with van der Waals surface area (Å²) in [6.07, 6.45) is 4.69. The molecule has 25 heavy (non-hydrogen) atoms. The second-order valence-corrected chi connectivity index (χ2v) is 9.58. The molecule has 2 aliphatic rings. The molecular formula is C18H27N3O3S. The van der Waals surface area contributed by atoms with Gasteiger partial charge in [0, 0.05) is 38.3 Å². The number of nitrogens with one attached hydrogen (secondary N) is 1. The van der Waals surface area contributed by atoms with Crippen LogP contribution in [0.25, 0.3) is 0 Å². The van der Waals surface area contributed by atoms with Crippen molar-refractivity contribution in [3.63, 3.8) is 0 Å². The first-order valence-electron chi connectivity index (χ1n) is 8.88. The Balaban J connectivity index is 1.72. The van der Waals surface area contributed by atoms with Crippen LogP contribution in [0.5, 0.6) is 0 Å². The van der Waals surface area contributed by atoms with E-state index in [0.717, 1.165) is 6.42 Å². The molecule has 0 aromatic heterocycles. The van der Waals surface area contributed by atoms with Crippen molar-refractivity contribution in [1.29, 1.82) is 0 Å². The third-order valence-corrected chi connectivity index (χ3v) is 7.20. The second kappa shape index (κ2) is 7.05. The molecule has 138 valence electrons. The molecule has 1 aromatic carbocycles. The largest absolute Gasteiger partial charge is 0.346 e. The highest BCUT2D eigenvalue weighted by Crippen LogP contribution is 2.41. The Morgan fingerprint density at radius 3 is 2.32 bits per heavy atom. The highest BCUT2D eigenvalue weighted by Gasteiger charge is 2.43. The van der Waals surface area contributed by atoms with Crippen LogP contribution >= 0.6 is 0 Å². The smallest absolute Gasteiger partial charge is 0.281 e. The Morgan fingerprint density at radius 2 is 1.80 bits per heavy atom. The molecule has 6 nitrogen and oxygen atoms in total. The third-order valence-electron chi connectivity index (χ3n) is 5.26.